The van der Waals surface area contributed by atoms with Crippen LogP contribution in [0.4, 0.5) is 10.6 Å². The summed E-state index contributed by atoms with van der Waals surface area (Å²) in [5.41, 5.74) is -0.153. The molecule has 2 atom stereocenters. The molecule has 0 radical (unpaired) electrons. The number of anilines is 1. The minimum atomic E-state index is -0.889. The first-order chi connectivity index (χ1) is 12.1. The van der Waals surface area contributed by atoms with Crippen molar-refractivity contribution >= 4 is 23.7 Å². The molecule has 1 aliphatic heterocycles. The second-order valence-electron chi connectivity index (χ2n) is 8.47. The van der Waals surface area contributed by atoms with Crippen molar-refractivity contribution in [1.82, 2.24) is 15.2 Å². The number of amides is 4. The van der Waals surface area contributed by atoms with E-state index in [1.54, 1.807) is 12.1 Å². The number of imide groups is 1. The largest absolute Gasteiger partial charge is 0.325 e. The van der Waals surface area contributed by atoms with E-state index in [0.717, 1.165) is 17.0 Å². The molecule has 1 aromatic heterocycles. The molecule has 2 N–H and O–H groups in total. The minimum absolute atomic E-state index is 0.0373. The second-order valence-corrected chi connectivity index (χ2v) is 8.47. The third-order valence-electron chi connectivity index (χ3n) is 5.08. The van der Waals surface area contributed by atoms with Gasteiger partial charge < -0.3 is 10.6 Å². The maximum atomic E-state index is 13.0. The molecule has 2 fully saturated rings. The number of carbonyl (C=O) groups excluding carboxylic acids is 3. The van der Waals surface area contributed by atoms with Crippen LogP contribution in [-0.2, 0) is 9.59 Å². The van der Waals surface area contributed by atoms with Crippen molar-refractivity contribution in [2.45, 2.75) is 52.5 Å². The summed E-state index contributed by atoms with van der Waals surface area (Å²) in [5, 5.41) is 5.52. The molecule has 0 aromatic carbocycles. The number of aryl methyl sites for hydroxylation is 1. The first-order valence-electron chi connectivity index (χ1n) is 8.98. The molecular formula is C19H26N4O3. The molecule has 1 aromatic rings. The smallest absolute Gasteiger partial charge is 0.323 e. The van der Waals surface area contributed by atoms with Gasteiger partial charge in [0.25, 0.3) is 5.91 Å². The van der Waals surface area contributed by atoms with Gasteiger partial charge >= 0.3 is 6.03 Å². The van der Waals surface area contributed by atoms with E-state index in [0.29, 0.717) is 24.6 Å². The number of hydrogen-bond donors (Lipinski definition) is 2. The van der Waals surface area contributed by atoms with Gasteiger partial charge in [0.2, 0.25) is 5.91 Å². The minimum Gasteiger partial charge on any atom is -0.323 e. The topological polar surface area (TPSA) is 91.4 Å². The van der Waals surface area contributed by atoms with Crippen LogP contribution in [0.2, 0.25) is 0 Å². The van der Waals surface area contributed by atoms with Crippen LogP contribution in [0.25, 0.3) is 0 Å². The molecule has 1 saturated carbocycles. The predicted molar refractivity (Wildman–Crippen MR) is 97.4 cm³/mol. The molecule has 3 rings (SSSR count). The number of nitrogens with zero attached hydrogens (tertiary/aromatic N) is 2. The molecule has 0 bridgehead atoms. The average molecular weight is 358 g/mol. The normalized spacial score (nSPS) is 27.5. The molecule has 2 unspecified atom stereocenters. The van der Waals surface area contributed by atoms with E-state index in [1.807, 2.05) is 13.0 Å². The Balaban J connectivity index is 1.72. The van der Waals surface area contributed by atoms with Crippen molar-refractivity contribution < 1.29 is 14.4 Å². The Hall–Kier alpha value is -2.44. The Morgan fingerprint density at radius 3 is 2.73 bits per heavy atom. The lowest BCUT2D eigenvalue weighted by atomic mass is 9.64. The fourth-order valence-corrected chi connectivity index (χ4v) is 4.59. The van der Waals surface area contributed by atoms with E-state index in [4.69, 9.17) is 0 Å². The highest BCUT2D eigenvalue weighted by Crippen LogP contribution is 2.46. The standard InChI is InChI=1S/C19H26N4O3/c1-12-8-18(3,4)11-19(9-12)16(25)23(17(26)22-19)10-15(24)21-14-7-5-6-13(2)20-14/h5-7,12H,8-11H2,1-4H3,(H,22,26)(H,20,21,24). The van der Waals surface area contributed by atoms with E-state index < -0.39 is 17.5 Å². The Morgan fingerprint density at radius 1 is 1.35 bits per heavy atom. The molecule has 7 nitrogen and oxygen atoms in total. The lowest BCUT2D eigenvalue weighted by molar-refractivity contribution is -0.136. The van der Waals surface area contributed by atoms with Crippen molar-refractivity contribution in [2.75, 3.05) is 11.9 Å². The van der Waals surface area contributed by atoms with Crippen molar-refractivity contribution in [3.63, 3.8) is 0 Å². The zero-order valence-corrected chi connectivity index (χ0v) is 15.8. The molecule has 2 aliphatic rings. The lowest BCUT2D eigenvalue weighted by Gasteiger charge is -2.43. The van der Waals surface area contributed by atoms with Crippen molar-refractivity contribution in [3.8, 4) is 0 Å². The zero-order valence-electron chi connectivity index (χ0n) is 15.8. The van der Waals surface area contributed by atoms with Crippen LogP contribution < -0.4 is 10.6 Å². The summed E-state index contributed by atoms with van der Waals surface area (Å²) in [4.78, 5) is 43.0. The summed E-state index contributed by atoms with van der Waals surface area (Å²) >= 11 is 0. The highest BCUT2D eigenvalue weighted by Gasteiger charge is 2.56. The Morgan fingerprint density at radius 2 is 2.08 bits per heavy atom. The molecule has 140 valence electrons. The number of pyridine rings is 1. The Labute approximate surface area is 153 Å². The predicted octanol–water partition coefficient (Wildman–Crippen LogP) is 2.47. The van der Waals surface area contributed by atoms with Crippen LogP contribution >= 0.6 is 0 Å². The highest BCUT2D eigenvalue weighted by molar-refractivity contribution is 6.10. The van der Waals surface area contributed by atoms with E-state index >= 15 is 0 Å². The SMILES string of the molecule is Cc1cccc(NC(=O)CN2C(=O)NC3(CC(C)CC(C)(C)C3)C2=O)n1. The van der Waals surface area contributed by atoms with Gasteiger partial charge in [-0.05, 0) is 49.7 Å². The van der Waals surface area contributed by atoms with Gasteiger partial charge in [0.1, 0.15) is 17.9 Å². The monoisotopic (exact) mass is 358 g/mol. The van der Waals surface area contributed by atoms with Crippen molar-refractivity contribution in [1.29, 1.82) is 0 Å². The molecule has 1 spiro atoms. The molecule has 1 aliphatic carbocycles. The average Bonchev–Trinajstić information content (AvgIpc) is 2.68. The molecule has 1 saturated heterocycles. The Kier molecular flexibility index (Phi) is 4.50. The second kappa shape index (κ2) is 6.37. The van der Waals surface area contributed by atoms with E-state index in [1.165, 1.54) is 0 Å². The maximum Gasteiger partial charge on any atom is 0.325 e. The van der Waals surface area contributed by atoms with Gasteiger partial charge in [-0.2, -0.15) is 0 Å². The van der Waals surface area contributed by atoms with Crippen LogP contribution in [0.3, 0.4) is 0 Å². The van der Waals surface area contributed by atoms with Gasteiger partial charge in [0, 0.05) is 5.69 Å². The van der Waals surface area contributed by atoms with Crippen molar-refractivity contribution in [2.24, 2.45) is 11.3 Å². The van der Waals surface area contributed by atoms with Gasteiger partial charge in [-0.1, -0.05) is 26.8 Å². The van der Waals surface area contributed by atoms with Crippen LogP contribution in [0, 0.1) is 18.3 Å². The quantitative estimate of drug-likeness (QED) is 0.812. The molecule has 7 heteroatoms. The number of nitrogens with one attached hydrogen (secondary N) is 2. The van der Waals surface area contributed by atoms with E-state index in [2.05, 4.69) is 36.4 Å². The first kappa shape index (κ1) is 18.4. The van der Waals surface area contributed by atoms with Gasteiger partial charge in [-0.25, -0.2) is 9.78 Å². The summed E-state index contributed by atoms with van der Waals surface area (Å²) in [6.07, 6.45) is 2.21. The van der Waals surface area contributed by atoms with Gasteiger partial charge in [0.05, 0.1) is 0 Å². The molecule has 4 amide bonds. The van der Waals surface area contributed by atoms with Gasteiger partial charge in [-0.3, -0.25) is 14.5 Å². The van der Waals surface area contributed by atoms with E-state index in [-0.39, 0.29) is 17.9 Å². The summed E-state index contributed by atoms with van der Waals surface area (Å²) in [7, 11) is 0. The van der Waals surface area contributed by atoms with E-state index in [9.17, 15) is 14.4 Å². The van der Waals surface area contributed by atoms with Crippen LogP contribution in [-0.4, -0.2) is 39.8 Å². The van der Waals surface area contributed by atoms with Crippen LogP contribution in [0.1, 0.15) is 45.7 Å². The van der Waals surface area contributed by atoms with Crippen LogP contribution in [0.5, 0.6) is 0 Å². The Bertz CT molecular complexity index is 761. The third kappa shape index (κ3) is 3.57. The number of aromatic nitrogens is 1. The number of hydrogen-bond acceptors (Lipinski definition) is 4. The third-order valence-corrected chi connectivity index (χ3v) is 5.08. The zero-order chi connectivity index (χ0) is 19.1. The number of rotatable bonds is 3. The maximum absolute atomic E-state index is 13.0. The van der Waals surface area contributed by atoms with Gasteiger partial charge in [-0.15, -0.1) is 0 Å². The van der Waals surface area contributed by atoms with Crippen LogP contribution in [0.15, 0.2) is 18.2 Å². The first-order valence-corrected chi connectivity index (χ1v) is 8.98. The fraction of sp³-hybridized carbons (Fsp3) is 0.579. The lowest BCUT2D eigenvalue weighted by Crippen LogP contribution is -2.54. The molecular weight excluding hydrogens is 332 g/mol. The highest BCUT2D eigenvalue weighted by atomic mass is 16.2. The number of carbonyl (C=O) groups is 3. The van der Waals surface area contributed by atoms with Crippen molar-refractivity contribution in [3.05, 3.63) is 23.9 Å². The van der Waals surface area contributed by atoms with Gasteiger partial charge in [0.15, 0.2) is 0 Å². The summed E-state index contributed by atoms with van der Waals surface area (Å²) < 4.78 is 0. The summed E-state index contributed by atoms with van der Waals surface area (Å²) in [5.74, 6) is -0.00120. The summed E-state index contributed by atoms with van der Waals surface area (Å²) in [6.45, 7) is 7.84. The molecule has 2 heterocycles. The molecule has 26 heavy (non-hydrogen) atoms. The number of urea groups is 1. The fourth-order valence-electron chi connectivity index (χ4n) is 4.59. The summed E-state index contributed by atoms with van der Waals surface area (Å²) in [6, 6.07) is 4.78.